The highest BCUT2D eigenvalue weighted by molar-refractivity contribution is 4.92. The fraction of sp³-hybridized carbons (Fsp3) is 0.923. The maximum atomic E-state index is 8.79. The Labute approximate surface area is 100 Å². The van der Waals surface area contributed by atoms with Crippen molar-refractivity contribution in [2.24, 2.45) is 5.41 Å². The third-order valence-corrected chi connectivity index (χ3v) is 4.01. The number of likely N-dealkylation sites (tertiary alicyclic amines) is 2. The van der Waals surface area contributed by atoms with Crippen LogP contribution in [-0.2, 0) is 0 Å². The minimum atomic E-state index is 0.583. The average molecular weight is 223 g/mol. The summed E-state index contributed by atoms with van der Waals surface area (Å²) >= 11 is 0. The number of nitriles is 1. The second kappa shape index (κ2) is 6.10. The molecule has 92 valence electrons. The van der Waals surface area contributed by atoms with Crippen molar-refractivity contribution in [2.45, 2.75) is 39.5 Å². The molecule has 2 saturated heterocycles. The molecule has 0 aliphatic carbocycles. The van der Waals surface area contributed by atoms with E-state index in [1.807, 2.05) is 18.7 Å². The molecule has 3 heteroatoms. The maximum Gasteiger partial charge on any atom is 0.179 e. The number of hydrogen-bond acceptors (Lipinski definition) is 3. The topological polar surface area (TPSA) is 30.3 Å². The van der Waals surface area contributed by atoms with Crippen LogP contribution in [0.2, 0.25) is 0 Å². The van der Waals surface area contributed by atoms with Gasteiger partial charge in [0, 0.05) is 13.1 Å². The van der Waals surface area contributed by atoms with E-state index in [1.54, 1.807) is 0 Å². The highest BCUT2D eigenvalue weighted by Crippen LogP contribution is 2.40. The fourth-order valence-electron chi connectivity index (χ4n) is 2.67. The molecular weight excluding hydrogens is 198 g/mol. The van der Waals surface area contributed by atoms with E-state index in [-0.39, 0.29) is 0 Å². The molecule has 0 aromatic carbocycles. The Morgan fingerprint density at radius 2 is 1.38 bits per heavy atom. The van der Waals surface area contributed by atoms with Crippen molar-refractivity contribution in [3.63, 3.8) is 0 Å². The van der Waals surface area contributed by atoms with Crippen LogP contribution in [0, 0.1) is 16.9 Å². The molecule has 0 atom stereocenters. The lowest BCUT2D eigenvalue weighted by Gasteiger charge is -2.45. The van der Waals surface area contributed by atoms with Gasteiger partial charge in [-0.3, -0.25) is 0 Å². The first-order valence-electron chi connectivity index (χ1n) is 6.57. The molecule has 0 aromatic heterocycles. The SMILES string of the molecule is CC.CN1CCC2(CC1)CCN(C#N)CC2. The fourth-order valence-corrected chi connectivity index (χ4v) is 2.67. The van der Waals surface area contributed by atoms with Gasteiger partial charge in [-0.1, -0.05) is 13.8 Å². The van der Waals surface area contributed by atoms with E-state index in [2.05, 4.69) is 18.1 Å². The standard InChI is InChI=1S/C11H19N3.C2H6/c1-13-6-2-11(3-7-13)4-8-14(10-12)9-5-11;1-2/h2-9H2,1H3;1-2H3. The van der Waals surface area contributed by atoms with Crippen molar-refractivity contribution in [3.8, 4) is 6.19 Å². The van der Waals surface area contributed by atoms with Crippen LogP contribution in [0.5, 0.6) is 0 Å². The summed E-state index contributed by atoms with van der Waals surface area (Å²) in [4.78, 5) is 4.32. The minimum absolute atomic E-state index is 0.583. The Hall–Kier alpha value is -0.750. The van der Waals surface area contributed by atoms with Crippen LogP contribution in [0.1, 0.15) is 39.5 Å². The molecule has 2 aliphatic rings. The zero-order valence-electron chi connectivity index (χ0n) is 11.0. The van der Waals surface area contributed by atoms with Crippen molar-refractivity contribution in [2.75, 3.05) is 33.2 Å². The largest absolute Gasteiger partial charge is 0.311 e. The van der Waals surface area contributed by atoms with E-state index in [0.717, 1.165) is 13.1 Å². The van der Waals surface area contributed by atoms with Gasteiger partial charge in [0.15, 0.2) is 6.19 Å². The van der Waals surface area contributed by atoms with Crippen LogP contribution < -0.4 is 0 Å². The van der Waals surface area contributed by atoms with Gasteiger partial charge in [-0.2, -0.15) is 5.26 Å². The van der Waals surface area contributed by atoms with Crippen molar-refractivity contribution in [1.82, 2.24) is 9.80 Å². The molecule has 0 bridgehead atoms. The van der Waals surface area contributed by atoms with Gasteiger partial charge in [0.25, 0.3) is 0 Å². The summed E-state index contributed by atoms with van der Waals surface area (Å²) in [6, 6.07) is 0. The smallest absolute Gasteiger partial charge is 0.179 e. The quantitative estimate of drug-likeness (QED) is 0.590. The van der Waals surface area contributed by atoms with Crippen LogP contribution >= 0.6 is 0 Å². The van der Waals surface area contributed by atoms with Gasteiger partial charge in [-0.05, 0) is 51.2 Å². The third-order valence-electron chi connectivity index (χ3n) is 4.01. The second-order valence-corrected chi connectivity index (χ2v) is 4.89. The summed E-state index contributed by atoms with van der Waals surface area (Å²) in [5.41, 5.74) is 0.583. The van der Waals surface area contributed by atoms with Crippen molar-refractivity contribution < 1.29 is 0 Å². The van der Waals surface area contributed by atoms with Crippen molar-refractivity contribution in [1.29, 1.82) is 5.26 Å². The van der Waals surface area contributed by atoms with Gasteiger partial charge in [-0.25, -0.2) is 0 Å². The zero-order chi connectivity index (χ0) is 12.0. The highest BCUT2D eigenvalue weighted by atomic mass is 15.1. The minimum Gasteiger partial charge on any atom is -0.311 e. The van der Waals surface area contributed by atoms with Crippen molar-refractivity contribution >= 4 is 0 Å². The number of piperidine rings is 2. The Kier molecular flexibility index (Phi) is 5.08. The zero-order valence-corrected chi connectivity index (χ0v) is 11.0. The molecule has 1 spiro atoms. The summed E-state index contributed by atoms with van der Waals surface area (Å²) in [5.74, 6) is 0. The van der Waals surface area contributed by atoms with E-state index < -0.39 is 0 Å². The van der Waals surface area contributed by atoms with Gasteiger partial charge in [0.2, 0.25) is 0 Å². The van der Waals surface area contributed by atoms with E-state index in [1.165, 1.54) is 38.8 Å². The normalized spacial score (nSPS) is 24.5. The number of hydrogen-bond donors (Lipinski definition) is 0. The predicted octanol–water partition coefficient (Wildman–Crippen LogP) is 2.30. The summed E-state index contributed by atoms with van der Waals surface area (Å²) in [5, 5.41) is 8.79. The summed E-state index contributed by atoms with van der Waals surface area (Å²) in [7, 11) is 2.21. The lowest BCUT2D eigenvalue weighted by atomic mass is 9.71. The molecule has 0 unspecified atom stereocenters. The molecular formula is C13H25N3. The highest BCUT2D eigenvalue weighted by Gasteiger charge is 2.36. The molecule has 16 heavy (non-hydrogen) atoms. The van der Waals surface area contributed by atoms with E-state index in [4.69, 9.17) is 5.26 Å². The molecule has 0 N–H and O–H groups in total. The third kappa shape index (κ3) is 3.12. The maximum absolute atomic E-state index is 8.79. The van der Waals surface area contributed by atoms with Crippen LogP contribution in [0.15, 0.2) is 0 Å². The number of rotatable bonds is 0. The predicted molar refractivity (Wildman–Crippen MR) is 66.9 cm³/mol. The van der Waals surface area contributed by atoms with E-state index in [0.29, 0.717) is 5.41 Å². The lowest BCUT2D eigenvalue weighted by Crippen LogP contribution is -2.44. The van der Waals surface area contributed by atoms with Crippen LogP contribution in [0.4, 0.5) is 0 Å². The monoisotopic (exact) mass is 223 g/mol. The summed E-state index contributed by atoms with van der Waals surface area (Å²) < 4.78 is 0. The van der Waals surface area contributed by atoms with Crippen LogP contribution in [0.25, 0.3) is 0 Å². The summed E-state index contributed by atoms with van der Waals surface area (Å²) in [6.45, 7) is 8.46. The summed E-state index contributed by atoms with van der Waals surface area (Å²) in [6.07, 6.45) is 7.39. The van der Waals surface area contributed by atoms with Gasteiger partial charge in [0.05, 0.1) is 0 Å². The molecule has 0 radical (unpaired) electrons. The van der Waals surface area contributed by atoms with Crippen LogP contribution in [-0.4, -0.2) is 43.0 Å². The van der Waals surface area contributed by atoms with Gasteiger partial charge in [0.1, 0.15) is 0 Å². The molecule has 3 nitrogen and oxygen atoms in total. The molecule has 0 saturated carbocycles. The first-order valence-corrected chi connectivity index (χ1v) is 6.57. The van der Waals surface area contributed by atoms with Gasteiger partial charge in [-0.15, -0.1) is 0 Å². The van der Waals surface area contributed by atoms with Gasteiger partial charge >= 0.3 is 0 Å². The molecule has 0 amide bonds. The first kappa shape index (κ1) is 13.3. The van der Waals surface area contributed by atoms with E-state index >= 15 is 0 Å². The van der Waals surface area contributed by atoms with Gasteiger partial charge < -0.3 is 9.80 Å². The first-order chi connectivity index (χ1) is 7.74. The molecule has 0 aromatic rings. The molecule has 2 heterocycles. The Bertz CT molecular complexity index is 226. The molecule has 2 aliphatic heterocycles. The van der Waals surface area contributed by atoms with Crippen LogP contribution in [0.3, 0.4) is 0 Å². The Morgan fingerprint density at radius 1 is 0.938 bits per heavy atom. The van der Waals surface area contributed by atoms with Crippen molar-refractivity contribution in [3.05, 3.63) is 0 Å². The Balaban J connectivity index is 0.000000606. The average Bonchev–Trinajstić information content (AvgIpc) is 2.37. The second-order valence-electron chi connectivity index (χ2n) is 4.89. The molecule has 2 rings (SSSR count). The Morgan fingerprint density at radius 3 is 1.81 bits per heavy atom. The molecule has 2 fully saturated rings. The number of nitrogens with zero attached hydrogens (tertiary/aromatic N) is 3. The lowest BCUT2D eigenvalue weighted by molar-refractivity contribution is 0.0604. The van der Waals surface area contributed by atoms with E-state index in [9.17, 15) is 0 Å².